The van der Waals surface area contributed by atoms with Gasteiger partial charge in [0.25, 0.3) is 0 Å². The van der Waals surface area contributed by atoms with Crippen LogP contribution in [0.5, 0.6) is 0 Å². The maximum Gasteiger partial charge on any atom is 0.214 e. The lowest BCUT2D eigenvalue weighted by atomic mass is 10.1. The molecule has 1 N–H and O–H groups in total. The molecule has 0 spiro atoms. The van der Waals surface area contributed by atoms with E-state index in [9.17, 15) is 8.42 Å². The van der Waals surface area contributed by atoms with Crippen LogP contribution in [0.4, 0.5) is 0 Å². The van der Waals surface area contributed by atoms with Crippen LogP contribution in [0.1, 0.15) is 25.7 Å². The smallest absolute Gasteiger partial charge is 0.214 e. The molecular weight excluding hydrogens is 240 g/mol. The highest BCUT2D eigenvalue weighted by molar-refractivity contribution is 7.89. The Hall–Kier alpha value is -0.170. The molecule has 102 valence electrons. The van der Waals surface area contributed by atoms with E-state index in [0.717, 1.165) is 25.8 Å². The van der Waals surface area contributed by atoms with Crippen LogP contribution in [0.15, 0.2) is 0 Å². The van der Waals surface area contributed by atoms with E-state index in [2.05, 4.69) is 5.32 Å². The maximum atomic E-state index is 12.2. The number of nitrogens with zero attached hydrogens (tertiary/aromatic N) is 1. The molecule has 6 heteroatoms. The minimum atomic E-state index is -3.11. The Bertz CT molecular complexity index is 304. The van der Waals surface area contributed by atoms with Crippen molar-refractivity contribution in [3.05, 3.63) is 0 Å². The van der Waals surface area contributed by atoms with E-state index in [1.807, 2.05) is 7.05 Å². The topological polar surface area (TPSA) is 58.6 Å². The van der Waals surface area contributed by atoms with Gasteiger partial charge >= 0.3 is 0 Å². The molecule has 0 aliphatic carbocycles. The summed E-state index contributed by atoms with van der Waals surface area (Å²) in [5, 5.41) is 3.08. The second-order valence-corrected chi connectivity index (χ2v) is 6.52. The van der Waals surface area contributed by atoms with Gasteiger partial charge in [0.05, 0.1) is 5.75 Å². The van der Waals surface area contributed by atoms with Crippen LogP contribution in [0.2, 0.25) is 0 Å². The predicted octanol–water partition coefficient (Wildman–Crippen LogP) is 0.427. The largest absolute Gasteiger partial charge is 0.385 e. The second-order valence-electron chi connectivity index (χ2n) is 4.48. The summed E-state index contributed by atoms with van der Waals surface area (Å²) in [7, 11) is 0.346. The Balaban J connectivity index is 2.59. The Kier molecular flexibility index (Phi) is 6.40. The third kappa shape index (κ3) is 4.54. The molecule has 1 atom stereocenters. The van der Waals surface area contributed by atoms with Crippen LogP contribution in [-0.4, -0.2) is 58.4 Å². The fourth-order valence-electron chi connectivity index (χ4n) is 2.28. The molecule has 1 aliphatic heterocycles. The third-order valence-corrected chi connectivity index (χ3v) is 5.12. The van der Waals surface area contributed by atoms with E-state index in [0.29, 0.717) is 19.6 Å². The Labute approximate surface area is 105 Å². The third-order valence-electron chi connectivity index (χ3n) is 3.12. The number of likely N-dealkylation sites (N-methyl/N-ethyl adjacent to an activating group) is 1. The van der Waals surface area contributed by atoms with Crippen molar-refractivity contribution in [3.8, 4) is 0 Å². The van der Waals surface area contributed by atoms with Crippen molar-refractivity contribution in [3.63, 3.8) is 0 Å². The van der Waals surface area contributed by atoms with E-state index in [1.54, 1.807) is 11.4 Å². The average molecular weight is 264 g/mol. The molecule has 1 fully saturated rings. The zero-order chi connectivity index (χ0) is 12.7. The van der Waals surface area contributed by atoms with Crippen molar-refractivity contribution in [2.24, 2.45) is 0 Å². The van der Waals surface area contributed by atoms with Gasteiger partial charge in [0.1, 0.15) is 0 Å². The van der Waals surface area contributed by atoms with Gasteiger partial charge in [-0.3, -0.25) is 0 Å². The number of rotatable bonds is 7. The molecule has 0 aromatic carbocycles. The minimum absolute atomic E-state index is 0.126. The SMILES string of the molecule is CNCC1CCCCN1S(=O)(=O)CCCOC. The average Bonchev–Trinajstić information content (AvgIpc) is 2.30. The van der Waals surface area contributed by atoms with Crippen molar-refractivity contribution < 1.29 is 13.2 Å². The summed E-state index contributed by atoms with van der Waals surface area (Å²) in [6.07, 6.45) is 3.63. The van der Waals surface area contributed by atoms with Crippen molar-refractivity contribution in [2.45, 2.75) is 31.7 Å². The molecule has 0 saturated carbocycles. The van der Waals surface area contributed by atoms with Gasteiger partial charge in [0, 0.05) is 32.8 Å². The van der Waals surface area contributed by atoms with Crippen molar-refractivity contribution >= 4 is 10.0 Å². The van der Waals surface area contributed by atoms with Crippen LogP contribution in [0, 0.1) is 0 Å². The number of ether oxygens (including phenoxy) is 1. The quantitative estimate of drug-likeness (QED) is 0.677. The van der Waals surface area contributed by atoms with Gasteiger partial charge in [-0.2, -0.15) is 4.31 Å². The first kappa shape index (κ1) is 14.9. The summed E-state index contributed by atoms with van der Waals surface area (Å²) in [5.41, 5.74) is 0. The Morgan fingerprint density at radius 2 is 2.18 bits per heavy atom. The summed E-state index contributed by atoms with van der Waals surface area (Å²) < 4.78 is 31.0. The molecule has 0 bridgehead atoms. The van der Waals surface area contributed by atoms with Gasteiger partial charge in [0.2, 0.25) is 10.0 Å². The highest BCUT2D eigenvalue weighted by Gasteiger charge is 2.31. The molecule has 1 rings (SSSR count). The molecule has 5 nitrogen and oxygen atoms in total. The first-order valence-electron chi connectivity index (χ1n) is 6.25. The first-order chi connectivity index (χ1) is 8.11. The monoisotopic (exact) mass is 264 g/mol. The summed E-state index contributed by atoms with van der Waals surface area (Å²) in [6.45, 7) is 1.91. The van der Waals surface area contributed by atoms with Crippen LogP contribution < -0.4 is 5.32 Å². The molecule has 1 saturated heterocycles. The summed E-state index contributed by atoms with van der Waals surface area (Å²) >= 11 is 0. The number of sulfonamides is 1. The lowest BCUT2D eigenvalue weighted by molar-refractivity contribution is 0.198. The normalized spacial score (nSPS) is 22.8. The molecule has 1 aliphatic rings. The first-order valence-corrected chi connectivity index (χ1v) is 7.86. The summed E-state index contributed by atoms with van der Waals surface area (Å²) in [6, 6.07) is 0.126. The zero-order valence-corrected chi connectivity index (χ0v) is 11.6. The summed E-state index contributed by atoms with van der Waals surface area (Å²) in [5.74, 6) is 0.195. The highest BCUT2D eigenvalue weighted by atomic mass is 32.2. The lowest BCUT2D eigenvalue weighted by Crippen LogP contribution is -2.48. The zero-order valence-electron chi connectivity index (χ0n) is 10.8. The minimum Gasteiger partial charge on any atom is -0.385 e. The molecule has 0 amide bonds. The predicted molar refractivity (Wildman–Crippen MR) is 68.6 cm³/mol. The standard InChI is InChI=1S/C11H24N2O3S/c1-12-10-11-6-3-4-7-13(11)17(14,15)9-5-8-16-2/h11-12H,3-10H2,1-2H3. The molecule has 17 heavy (non-hydrogen) atoms. The molecule has 0 aromatic rings. The Morgan fingerprint density at radius 3 is 2.82 bits per heavy atom. The fraction of sp³-hybridized carbons (Fsp3) is 1.00. The van der Waals surface area contributed by atoms with E-state index >= 15 is 0 Å². The number of methoxy groups -OCH3 is 1. The number of nitrogens with one attached hydrogen (secondary N) is 1. The number of hydrogen-bond acceptors (Lipinski definition) is 4. The summed E-state index contributed by atoms with van der Waals surface area (Å²) in [4.78, 5) is 0. The molecule has 1 unspecified atom stereocenters. The molecular formula is C11H24N2O3S. The van der Waals surface area contributed by atoms with Gasteiger partial charge in [-0.25, -0.2) is 8.42 Å². The van der Waals surface area contributed by atoms with Crippen LogP contribution in [0.25, 0.3) is 0 Å². The fourth-order valence-corrected chi connectivity index (χ4v) is 4.04. The molecule has 1 heterocycles. The molecule has 0 aromatic heterocycles. The van der Waals surface area contributed by atoms with Gasteiger partial charge in [-0.05, 0) is 26.3 Å². The van der Waals surface area contributed by atoms with Gasteiger partial charge < -0.3 is 10.1 Å². The van der Waals surface area contributed by atoms with Gasteiger partial charge in [-0.1, -0.05) is 6.42 Å². The molecule has 0 radical (unpaired) electrons. The number of piperidine rings is 1. The van der Waals surface area contributed by atoms with Gasteiger partial charge in [-0.15, -0.1) is 0 Å². The van der Waals surface area contributed by atoms with Crippen LogP contribution in [0.3, 0.4) is 0 Å². The van der Waals surface area contributed by atoms with Crippen LogP contribution in [-0.2, 0) is 14.8 Å². The second kappa shape index (κ2) is 7.31. The van der Waals surface area contributed by atoms with Gasteiger partial charge in [0.15, 0.2) is 0 Å². The van der Waals surface area contributed by atoms with E-state index in [1.165, 1.54) is 0 Å². The van der Waals surface area contributed by atoms with E-state index < -0.39 is 10.0 Å². The van der Waals surface area contributed by atoms with Crippen LogP contribution >= 0.6 is 0 Å². The lowest BCUT2D eigenvalue weighted by Gasteiger charge is -2.34. The van der Waals surface area contributed by atoms with E-state index in [-0.39, 0.29) is 11.8 Å². The number of hydrogen-bond donors (Lipinski definition) is 1. The Morgan fingerprint density at radius 1 is 1.41 bits per heavy atom. The van der Waals surface area contributed by atoms with Crippen molar-refractivity contribution in [1.29, 1.82) is 0 Å². The van der Waals surface area contributed by atoms with Crippen molar-refractivity contribution in [2.75, 3.05) is 39.6 Å². The highest BCUT2D eigenvalue weighted by Crippen LogP contribution is 2.20. The van der Waals surface area contributed by atoms with E-state index in [4.69, 9.17) is 4.74 Å². The maximum absolute atomic E-state index is 12.2. The van der Waals surface area contributed by atoms with Crippen molar-refractivity contribution in [1.82, 2.24) is 9.62 Å².